The molecule has 0 saturated carbocycles. The Morgan fingerprint density at radius 3 is 2.31 bits per heavy atom. The number of phenolic OH excluding ortho intramolecular Hbond substituents is 1. The maximum Gasteiger partial charge on any atom is 1.00 e. The monoisotopic (exact) mass is 188 g/mol. The quantitative estimate of drug-likeness (QED) is 0.491. The minimum absolute atomic E-state index is 0. The summed E-state index contributed by atoms with van der Waals surface area (Å²) in [4.78, 5) is 10.5. The van der Waals surface area contributed by atoms with Crippen LogP contribution in [0.5, 0.6) is 5.75 Å². The summed E-state index contributed by atoms with van der Waals surface area (Å²) in [5.41, 5.74) is 1.26. The first-order valence-electron chi connectivity index (χ1n) is 3.54. The van der Waals surface area contributed by atoms with Crippen molar-refractivity contribution in [1.82, 2.24) is 0 Å². The van der Waals surface area contributed by atoms with Gasteiger partial charge in [0.15, 0.2) is 0 Å². The summed E-state index contributed by atoms with van der Waals surface area (Å²) in [6.07, 6.45) is 0. The van der Waals surface area contributed by atoms with Crippen LogP contribution < -0.4 is 34.7 Å². The molecule has 0 aliphatic rings. The van der Waals surface area contributed by atoms with Crippen LogP contribution in [0.15, 0.2) is 12.1 Å². The molecule has 0 bridgehead atoms. The van der Waals surface area contributed by atoms with Crippen molar-refractivity contribution in [2.24, 2.45) is 0 Å². The second kappa shape index (κ2) is 4.65. The molecule has 0 spiro atoms. The minimum atomic E-state index is -1.21. The molecule has 1 N–H and O–H groups in total. The molecule has 0 aromatic heterocycles. The zero-order valence-corrected chi connectivity index (χ0v) is 9.92. The molecule has 0 radical (unpaired) electrons. The largest absolute Gasteiger partial charge is 1.00 e. The molecule has 13 heavy (non-hydrogen) atoms. The normalized spacial score (nSPS) is 9.08. The first kappa shape index (κ1) is 12.5. The number of carboxylic acids is 1. The van der Waals surface area contributed by atoms with Crippen LogP contribution in [0.25, 0.3) is 0 Å². The number of carbonyl (C=O) groups is 1. The van der Waals surface area contributed by atoms with E-state index >= 15 is 0 Å². The number of phenols is 1. The van der Waals surface area contributed by atoms with Crippen molar-refractivity contribution in [3.05, 3.63) is 28.8 Å². The smallest absolute Gasteiger partial charge is 0.545 e. The first-order chi connectivity index (χ1) is 5.54. The van der Waals surface area contributed by atoms with Gasteiger partial charge in [-0.05, 0) is 37.1 Å². The fourth-order valence-electron chi connectivity index (χ4n) is 1.03. The molecular formula is C9H9NaO3. The van der Waals surface area contributed by atoms with E-state index in [1.807, 2.05) is 0 Å². The van der Waals surface area contributed by atoms with Gasteiger partial charge in [0.05, 0.1) is 5.97 Å². The van der Waals surface area contributed by atoms with Gasteiger partial charge in [-0.3, -0.25) is 0 Å². The van der Waals surface area contributed by atoms with E-state index in [4.69, 9.17) is 0 Å². The SMILES string of the molecule is Cc1c(O)ccc(C(=O)[O-])c1C.[Na+]. The van der Waals surface area contributed by atoms with Gasteiger partial charge < -0.3 is 15.0 Å². The van der Waals surface area contributed by atoms with Crippen LogP contribution in [-0.4, -0.2) is 11.1 Å². The molecule has 0 amide bonds. The van der Waals surface area contributed by atoms with Crippen molar-refractivity contribution in [3.63, 3.8) is 0 Å². The van der Waals surface area contributed by atoms with Gasteiger partial charge in [0.2, 0.25) is 0 Å². The molecule has 3 nitrogen and oxygen atoms in total. The number of aromatic hydroxyl groups is 1. The second-order valence-electron chi connectivity index (χ2n) is 2.67. The van der Waals surface area contributed by atoms with Gasteiger partial charge in [-0.15, -0.1) is 0 Å². The van der Waals surface area contributed by atoms with E-state index in [1.165, 1.54) is 12.1 Å². The van der Waals surface area contributed by atoms with E-state index in [9.17, 15) is 15.0 Å². The van der Waals surface area contributed by atoms with Gasteiger partial charge in [0, 0.05) is 5.56 Å². The van der Waals surface area contributed by atoms with E-state index in [-0.39, 0.29) is 40.9 Å². The van der Waals surface area contributed by atoms with Gasteiger partial charge in [0.1, 0.15) is 5.75 Å². The maximum absolute atomic E-state index is 10.5. The summed E-state index contributed by atoms with van der Waals surface area (Å²) in [6.45, 7) is 3.30. The summed E-state index contributed by atoms with van der Waals surface area (Å²) < 4.78 is 0. The molecule has 64 valence electrons. The number of carboxylic acid groups (broad SMARTS) is 1. The van der Waals surface area contributed by atoms with Gasteiger partial charge in [-0.25, -0.2) is 0 Å². The van der Waals surface area contributed by atoms with E-state index in [1.54, 1.807) is 13.8 Å². The van der Waals surface area contributed by atoms with E-state index in [0.29, 0.717) is 11.1 Å². The molecule has 1 aromatic rings. The molecule has 0 heterocycles. The van der Waals surface area contributed by atoms with Gasteiger partial charge in [0.25, 0.3) is 0 Å². The molecule has 0 saturated heterocycles. The first-order valence-corrected chi connectivity index (χ1v) is 3.54. The predicted octanol–water partition coefficient (Wildman–Crippen LogP) is -2.62. The van der Waals surface area contributed by atoms with Gasteiger partial charge in [-0.2, -0.15) is 0 Å². The zero-order valence-electron chi connectivity index (χ0n) is 7.92. The summed E-state index contributed by atoms with van der Waals surface area (Å²) in [7, 11) is 0. The molecule has 1 rings (SSSR count). The molecule has 4 heteroatoms. The van der Waals surface area contributed by atoms with E-state index in [2.05, 4.69) is 0 Å². The second-order valence-corrected chi connectivity index (χ2v) is 2.67. The third kappa shape index (κ3) is 2.46. The number of hydrogen-bond acceptors (Lipinski definition) is 3. The molecule has 0 unspecified atom stereocenters. The van der Waals surface area contributed by atoms with Crippen molar-refractivity contribution >= 4 is 5.97 Å². The van der Waals surface area contributed by atoms with Gasteiger partial charge in [-0.1, -0.05) is 0 Å². The number of carbonyl (C=O) groups excluding carboxylic acids is 1. The van der Waals surface area contributed by atoms with Crippen molar-refractivity contribution in [3.8, 4) is 5.75 Å². The number of hydrogen-bond donors (Lipinski definition) is 1. The Labute approximate surface area is 98.7 Å². The maximum atomic E-state index is 10.5. The van der Waals surface area contributed by atoms with Crippen LogP contribution in [-0.2, 0) is 0 Å². The van der Waals surface area contributed by atoms with Gasteiger partial charge >= 0.3 is 29.6 Å². The van der Waals surface area contributed by atoms with Crippen LogP contribution >= 0.6 is 0 Å². The Kier molecular flexibility index (Phi) is 4.47. The standard InChI is InChI=1S/C9H10O3.Na/c1-5-6(2)8(10)4-3-7(5)9(11)12;/h3-4,10H,1-2H3,(H,11,12);/q;+1/p-1. The van der Waals surface area contributed by atoms with Crippen LogP contribution in [0.1, 0.15) is 21.5 Å². The average molecular weight is 188 g/mol. The fourth-order valence-corrected chi connectivity index (χ4v) is 1.03. The number of rotatable bonds is 1. The van der Waals surface area contributed by atoms with Crippen molar-refractivity contribution in [1.29, 1.82) is 0 Å². The summed E-state index contributed by atoms with van der Waals surface area (Å²) in [6, 6.07) is 2.69. The predicted molar refractivity (Wildman–Crippen MR) is 41.9 cm³/mol. The van der Waals surface area contributed by atoms with Crippen LogP contribution in [0.3, 0.4) is 0 Å². The molecule has 0 aliphatic heterocycles. The Morgan fingerprint density at radius 1 is 1.31 bits per heavy atom. The molecular weight excluding hydrogens is 179 g/mol. The third-order valence-electron chi connectivity index (χ3n) is 1.98. The minimum Gasteiger partial charge on any atom is -0.545 e. The topological polar surface area (TPSA) is 60.4 Å². The number of aromatic carboxylic acids is 1. The average Bonchev–Trinajstić information content (AvgIpc) is 2.00. The third-order valence-corrected chi connectivity index (χ3v) is 1.98. The summed E-state index contributed by atoms with van der Waals surface area (Å²) in [5, 5.41) is 19.7. The molecule has 0 fully saturated rings. The van der Waals surface area contributed by atoms with Crippen LogP contribution in [0.2, 0.25) is 0 Å². The fraction of sp³-hybridized carbons (Fsp3) is 0.222. The van der Waals surface area contributed by atoms with Crippen LogP contribution in [0.4, 0.5) is 0 Å². The summed E-state index contributed by atoms with van der Waals surface area (Å²) >= 11 is 0. The molecule has 0 atom stereocenters. The van der Waals surface area contributed by atoms with Crippen molar-refractivity contribution < 1.29 is 44.6 Å². The molecule has 1 aromatic carbocycles. The Hall–Kier alpha value is -0.510. The summed E-state index contributed by atoms with van der Waals surface area (Å²) in [5.74, 6) is -1.10. The Morgan fingerprint density at radius 2 is 1.85 bits per heavy atom. The molecule has 0 aliphatic carbocycles. The zero-order chi connectivity index (χ0) is 9.30. The van der Waals surface area contributed by atoms with Crippen molar-refractivity contribution in [2.45, 2.75) is 13.8 Å². The number of benzene rings is 1. The Balaban J connectivity index is 0.00000144. The van der Waals surface area contributed by atoms with E-state index in [0.717, 1.165) is 0 Å². The Bertz CT molecular complexity index is 334. The van der Waals surface area contributed by atoms with Crippen LogP contribution in [0, 0.1) is 13.8 Å². The van der Waals surface area contributed by atoms with Crippen molar-refractivity contribution in [2.75, 3.05) is 0 Å². The van der Waals surface area contributed by atoms with E-state index < -0.39 is 5.97 Å².